The lowest BCUT2D eigenvalue weighted by atomic mass is 9.97. The molecule has 0 atom stereocenters. The molecule has 2 heteroatoms. The molecule has 0 saturated heterocycles. The molecule has 0 heterocycles. The van der Waals surface area contributed by atoms with Gasteiger partial charge in [0.1, 0.15) is 0 Å². The number of allylic oxidation sites excluding steroid dienone is 1. The van der Waals surface area contributed by atoms with E-state index in [0.717, 1.165) is 17.6 Å². The van der Waals surface area contributed by atoms with E-state index in [1.807, 2.05) is 31.2 Å². The molecule has 0 fully saturated rings. The van der Waals surface area contributed by atoms with Crippen LogP contribution in [-0.4, -0.2) is 5.91 Å². The number of amides is 1. The quantitative estimate of drug-likeness (QED) is 0.803. The summed E-state index contributed by atoms with van der Waals surface area (Å²) in [6, 6.07) is 8.04. The SMILES string of the molecule is CC/C=C(/CC(N)=O)c1ccccc1C. The molecule has 0 saturated carbocycles. The van der Waals surface area contributed by atoms with Gasteiger partial charge in [0.15, 0.2) is 0 Å². The van der Waals surface area contributed by atoms with Crippen LogP contribution in [0.2, 0.25) is 0 Å². The molecule has 0 radical (unpaired) electrons. The second-order valence-corrected chi connectivity index (χ2v) is 3.60. The first-order valence-electron chi connectivity index (χ1n) is 5.18. The van der Waals surface area contributed by atoms with Gasteiger partial charge in [-0.25, -0.2) is 0 Å². The zero-order valence-corrected chi connectivity index (χ0v) is 9.29. The van der Waals surface area contributed by atoms with Crippen LogP contribution in [0.1, 0.15) is 30.9 Å². The summed E-state index contributed by atoms with van der Waals surface area (Å²) < 4.78 is 0. The van der Waals surface area contributed by atoms with Crippen LogP contribution in [0.5, 0.6) is 0 Å². The molecule has 0 aliphatic rings. The van der Waals surface area contributed by atoms with Gasteiger partial charge in [0, 0.05) is 0 Å². The summed E-state index contributed by atoms with van der Waals surface area (Å²) in [7, 11) is 0. The van der Waals surface area contributed by atoms with Gasteiger partial charge in [-0.2, -0.15) is 0 Å². The average Bonchev–Trinajstić information content (AvgIpc) is 2.17. The van der Waals surface area contributed by atoms with Crippen molar-refractivity contribution in [3.05, 3.63) is 41.5 Å². The van der Waals surface area contributed by atoms with Gasteiger partial charge in [-0.15, -0.1) is 0 Å². The molecule has 1 aromatic rings. The van der Waals surface area contributed by atoms with E-state index >= 15 is 0 Å². The highest BCUT2D eigenvalue weighted by atomic mass is 16.1. The summed E-state index contributed by atoms with van der Waals surface area (Å²) in [6.07, 6.45) is 3.29. The van der Waals surface area contributed by atoms with Crippen LogP contribution >= 0.6 is 0 Å². The maximum absolute atomic E-state index is 11.0. The van der Waals surface area contributed by atoms with Crippen molar-refractivity contribution in [2.45, 2.75) is 26.7 Å². The fourth-order valence-electron chi connectivity index (χ4n) is 1.64. The predicted molar refractivity (Wildman–Crippen MR) is 63.3 cm³/mol. The lowest BCUT2D eigenvalue weighted by molar-refractivity contribution is -0.117. The van der Waals surface area contributed by atoms with Gasteiger partial charge in [0.05, 0.1) is 6.42 Å². The van der Waals surface area contributed by atoms with Crippen molar-refractivity contribution >= 4 is 11.5 Å². The Labute approximate surface area is 90.8 Å². The fourth-order valence-corrected chi connectivity index (χ4v) is 1.64. The highest BCUT2D eigenvalue weighted by Crippen LogP contribution is 2.21. The Bertz CT molecular complexity index is 380. The van der Waals surface area contributed by atoms with Crippen molar-refractivity contribution in [2.24, 2.45) is 5.73 Å². The Hall–Kier alpha value is -1.57. The van der Waals surface area contributed by atoms with Crippen molar-refractivity contribution in [3.8, 4) is 0 Å². The van der Waals surface area contributed by atoms with Crippen molar-refractivity contribution < 1.29 is 4.79 Å². The average molecular weight is 203 g/mol. The van der Waals surface area contributed by atoms with Crippen LogP contribution in [-0.2, 0) is 4.79 Å². The number of rotatable bonds is 4. The largest absolute Gasteiger partial charge is 0.369 e. The Morgan fingerprint density at radius 2 is 2.07 bits per heavy atom. The van der Waals surface area contributed by atoms with Crippen LogP contribution in [0.4, 0.5) is 0 Å². The van der Waals surface area contributed by atoms with Gasteiger partial charge in [-0.1, -0.05) is 37.3 Å². The number of aryl methyl sites for hydroxylation is 1. The number of hydrogen-bond donors (Lipinski definition) is 1. The summed E-state index contributed by atoms with van der Waals surface area (Å²) in [6.45, 7) is 4.10. The Morgan fingerprint density at radius 3 is 2.60 bits per heavy atom. The third kappa shape index (κ3) is 3.24. The molecular weight excluding hydrogens is 186 g/mol. The molecule has 0 bridgehead atoms. The molecule has 1 aromatic carbocycles. The second-order valence-electron chi connectivity index (χ2n) is 3.60. The van der Waals surface area contributed by atoms with Crippen LogP contribution < -0.4 is 5.73 Å². The number of benzene rings is 1. The molecular formula is C13H17NO. The zero-order valence-electron chi connectivity index (χ0n) is 9.29. The van der Waals surface area contributed by atoms with E-state index < -0.39 is 0 Å². The van der Waals surface area contributed by atoms with E-state index in [0.29, 0.717) is 6.42 Å². The smallest absolute Gasteiger partial charge is 0.221 e. The first-order chi connectivity index (χ1) is 7.15. The molecule has 1 amide bonds. The van der Waals surface area contributed by atoms with Gasteiger partial charge in [-0.3, -0.25) is 4.79 Å². The normalized spacial score (nSPS) is 11.5. The summed E-state index contributed by atoms with van der Waals surface area (Å²) in [5.41, 5.74) is 8.56. The van der Waals surface area contributed by atoms with Crippen molar-refractivity contribution in [3.63, 3.8) is 0 Å². The number of carbonyl (C=O) groups is 1. The molecule has 0 aliphatic heterocycles. The number of nitrogens with two attached hydrogens (primary N) is 1. The molecule has 0 aromatic heterocycles. The van der Waals surface area contributed by atoms with E-state index in [2.05, 4.69) is 13.0 Å². The minimum absolute atomic E-state index is 0.280. The summed E-state index contributed by atoms with van der Waals surface area (Å²) >= 11 is 0. The maximum Gasteiger partial charge on any atom is 0.221 e. The zero-order chi connectivity index (χ0) is 11.3. The van der Waals surface area contributed by atoms with Crippen LogP contribution in [0.25, 0.3) is 5.57 Å². The van der Waals surface area contributed by atoms with Gasteiger partial charge < -0.3 is 5.73 Å². The number of carbonyl (C=O) groups excluding carboxylic acids is 1. The van der Waals surface area contributed by atoms with Crippen LogP contribution in [0.3, 0.4) is 0 Å². The minimum Gasteiger partial charge on any atom is -0.369 e. The third-order valence-corrected chi connectivity index (χ3v) is 2.31. The van der Waals surface area contributed by atoms with E-state index in [-0.39, 0.29) is 5.91 Å². The minimum atomic E-state index is -0.280. The van der Waals surface area contributed by atoms with E-state index in [4.69, 9.17) is 5.73 Å². The summed E-state index contributed by atoms with van der Waals surface area (Å²) in [5, 5.41) is 0. The fraction of sp³-hybridized carbons (Fsp3) is 0.308. The standard InChI is InChI=1S/C13H17NO/c1-3-6-11(9-13(14)15)12-8-5-4-7-10(12)2/h4-8H,3,9H2,1-2H3,(H2,14,15)/b11-6-. The van der Waals surface area contributed by atoms with Gasteiger partial charge >= 0.3 is 0 Å². The monoisotopic (exact) mass is 203 g/mol. The molecule has 0 aliphatic carbocycles. The second kappa shape index (κ2) is 5.35. The highest BCUT2D eigenvalue weighted by molar-refractivity contribution is 5.88. The van der Waals surface area contributed by atoms with E-state index in [1.54, 1.807) is 0 Å². The van der Waals surface area contributed by atoms with E-state index in [9.17, 15) is 4.79 Å². The topological polar surface area (TPSA) is 43.1 Å². The molecule has 2 nitrogen and oxygen atoms in total. The molecule has 15 heavy (non-hydrogen) atoms. The highest BCUT2D eigenvalue weighted by Gasteiger charge is 2.06. The lowest BCUT2D eigenvalue weighted by Gasteiger charge is -2.08. The third-order valence-electron chi connectivity index (χ3n) is 2.31. The number of hydrogen-bond acceptors (Lipinski definition) is 1. The Kier molecular flexibility index (Phi) is 4.10. The van der Waals surface area contributed by atoms with Crippen molar-refractivity contribution in [2.75, 3.05) is 0 Å². The van der Waals surface area contributed by atoms with Crippen LogP contribution in [0, 0.1) is 6.92 Å². The molecule has 2 N–H and O–H groups in total. The first-order valence-corrected chi connectivity index (χ1v) is 5.18. The molecule has 0 spiro atoms. The van der Waals surface area contributed by atoms with Crippen molar-refractivity contribution in [1.29, 1.82) is 0 Å². The van der Waals surface area contributed by atoms with Crippen molar-refractivity contribution in [1.82, 2.24) is 0 Å². The summed E-state index contributed by atoms with van der Waals surface area (Å²) in [5.74, 6) is -0.280. The predicted octanol–water partition coefficient (Wildman–Crippen LogP) is 2.66. The number of primary amides is 1. The maximum atomic E-state index is 11.0. The molecule has 0 unspecified atom stereocenters. The van der Waals surface area contributed by atoms with Gasteiger partial charge in [-0.05, 0) is 30.0 Å². The lowest BCUT2D eigenvalue weighted by Crippen LogP contribution is -2.11. The summed E-state index contributed by atoms with van der Waals surface area (Å²) in [4.78, 5) is 11.0. The molecule has 80 valence electrons. The molecule has 1 rings (SSSR count). The van der Waals surface area contributed by atoms with Gasteiger partial charge in [0.2, 0.25) is 5.91 Å². The Balaban J connectivity index is 3.05. The van der Waals surface area contributed by atoms with Crippen LogP contribution in [0.15, 0.2) is 30.3 Å². The first kappa shape index (κ1) is 11.5. The van der Waals surface area contributed by atoms with E-state index in [1.165, 1.54) is 5.56 Å². The van der Waals surface area contributed by atoms with Gasteiger partial charge in [0.25, 0.3) is 0 Å². The Morgan fingerprint density at radius 1 is 1.40 bits per heavy atom.